The minimum absolute atomic E-state index is 0.0272. The van der Waals surface area contributed by atoms with Gasteiger partial charge in [-0.1, -0.05) is 0 Å². The second-order valence-electron chi connectivity index (χ2n) is 3.52. The van der Waals surface area contributed by atoms with Crippen LogP contribution in [-0.2, 0) is 9.53 Å². The van der Waals surface area contributed by atoms with Gasteiger partial charge in [0.05, 0.1) is 12.5 Å². The molecule has 1 heterocycles. The van der Waals surface area contributed by atoms with Gasteiger partial charge in [0.1, 0.15) is 6.04 Å². The second kappa shape index (κ2) is 4.83. The van der Waals surface area contributed by atoms with Gasteiger partial charge in [-0.25, -0.2) is 0 Å². The van der Waals surface area contributed by atoms with E-state index >= 15 is 0 Å². The summed E-state index contributed by atoms with van der Waals surface area (Å²) in [6.45, 7) is 2.02. The first-order valence-electron chi connectivity index (χ1n) is 4.92. The summed E-state index contributed by atoms with van der Waals surface area (Å²) in [5.41, 5.74) is 0. The molecular formula is C9H14F3NO2. The average Bonchev–Trinajstić information content (AvgIpc) is 2.17. The van der Waals surface area contributed by atoms with Crippen molar-refractivity contribution in [2.45, 2.75) is 32.0 Å². The van der Waals surface area contributed by atoms with E-state index in [-0.39, 0.29) is 26.0 Å². The van der Waals surface area contributed by atoms with E-state index in [1.165, 1.54) is 0 Å². The first-order chi connectivity index (χ1) is 6.95. The molecule has 1 saturated heterocycles. The first-order valence-corrected chi connectivity index (χ1v) is 4.92. The van der Waals surface area contributed by atoms with Gasteiger partial charge in [-0.3, -0.25) is 4.79 Å². The van der Waals surface area contributed by atoms with Gasteiger partial charge in [0, 0.05) is 0 Å². The Kier molecular flexibility index (Phi) is 3.96. The number of ether oxygens (including phenoxy) is 1. The standard InChI is InChI=1S/C9H14F3NO2/c1-2-15-8(14)7-5-6(3-4-13-7)9(10,11)12/h6-7,13H,2-5H2,1H3/t6-,7+/m1/s1. The fourth-order valence-corrected chi connectivity index (χ4v) is 1.64. The molecule has 1 fully saturated rings. The number of esters is 1. The van der Waals surface area contributed by atoms with Crippen LogP contribution >= 0.6 is 0 Å². The minimum Gasteiger partial charge on any atom is -0.465 e. The lowest BCUT2D eigenvalue weighted by molar-refractivity contribution is -0.185. The molecule has 6 heteroatoms. The van der Waals surface area contributed by atoms with E-state index in [0.717, 1.165) is 0 Å². The summed E-state index contributed by atoms with van der Waals surface area (Å²) in [5, 5.41) is 2.73. The molecule has 0 aliphatic carbocycles. The van der Waals surface area contributed by atoms with Crippen molar-refractivity contribution in [3.63, 3.8) is 0 Å². The van der Waals surface area contributed by atoms with Gasteiger partial charge in [0.15, 0.2) is 0 Å². The Labute approximate surface area is 86.0 Å². The smallest absolute Gasteiger partial charge is 0.391 e. The van der Waals surface area contributed by atoms with Gasteiger partial charge in [-0.2, -0.15) is 13.2 Å². The predicted molar refractivity (Wildman–Crippen MR) is 47.2 cm³/mol. The zero-order chi connectivity index (χ0) is 11.5. The van der Waals surface area contributed by atoms with E-state index < -0.39 is 24.1 Å². The lowest BCUT2D eigenvalue weighted by atomic mass is 9.92. The van der Waals surface area contributed by atoms with Gasteiger partial charge in [0.2, 0.25) is 0 Å². The Morgan fingerprint density at radius 2 is 2.20 bits per heavy atom. The molecule has 0 aromatic rings. The van der Waals surface area contributed by atoms with Crippen LogP contribution in [-0.4, -0.2) is 31.3 Å². The first kappa shape index (κ1) is 12.3. The quantitative estimate of drug-likeness (QED) is 0.723. The molecule has 0 aromatic heterocycles. The Hall–Kier alpha value is -0.780. The Morgan fingerprint density at radius 1 is 1.53 bits per heavy atom. The maximum absolute atomic E-state index is 12.4. The largest absolute Gasteiger partial charge is 0.465 e. The minimum atomic E-state index is -4.22. The highest BCUT2D eigenvalue weighted by molar-refractivity contribution is 5.75. The fourth-order valence-electron chi connectivity index (χ4n) is 1.64. The second-order valence-corrected chi connectivity index (χ2v) is 3.52. The van der Waals surface area contributed by atoms with Crippen molar-refractivity contribution in [1.82, 2.24) is 5.32 Å². The van der Waals surface area contributed by atoms with Crippen LogP contribution in [0, 0.1) is 5.92 Å². The van der Waals surface area contributed by atoms with Gasteiger partial charge in [-0.15, -0.1) is 0 Å². The van der Waals surface area contributed by atoms with Crippen molar-refractivity contribution in [2.75, 3.05) is 13.2 Å². The zero-order valence-corrected chi connectivity index (χ0v) is 8.43. The number of piperidine rings is 1. The molecule has 88 valence electrons. The third-order valence-corrected chi connectivity index (χ3v) is 2.44. The molecule has 0 amide bonds. The van der Waals surface area contributed by atoms with Crippen LogP contribution in [0.15, 0.2) is 0 Å². The zero-order valence-electron chi connectivity index (χ0n) is 8.43. The lowest BCUT2D eigenvalue weighted by Crippen LogP contribution is -2.47. The summed E-state index contributed by atoms with van der Waals surface area (Å²) >= 11 is 0. The number of carbonyl (C=O) groups excluding carboxylic acids is 1. The molecule has 0 bridgehead atoms. The van der Waals surface area contributed by atoms with Gasteiger partial charge in [0.25, 0.3) is 0 Å². The van der Waals surface area contributed by atoms with Crippen molar-refractivity contribution >= 4 is 5.97 Å². The molecule has 1 aliphatic heterocycles. The topological polar surface area (TPSA) is 38.3 Å². The molecule has 15 heavy (non-hydrogen) atoms. The van der Waals surface area contributed by atoms with Gasteiger partial charge >= 0.3 is 12.1 Å². The molecule has 0 aromatic carbocycles. The average molecular weight is 225 g/mol. The number of rotatable bonds is 2. The van der Waals surface area contributed by atoms with Crippen LogP contribution in [0.1, 0.15) is 19.8 Å². The monoisotopic (exact) mass is 225 g/mol. The SMILES string of the molecule is CCOC(=O)[C@@H]1C[C@H](C(F)(F)F)CCN1. The Morgan fingerprint density at radius 3 is 2.73 bits per heavy atom. The van der Waals surface area contributed by atoms with E-state index in [1.54, 1.807) is 6.92 Å². The number of halogens is 3. The molecule has 1 aliphatic rings. The van der Waals surface area contributed by atoms with Crippen LogP contribution in [0.25, 0.3) is 0 Å². The highest BCUT2D eigenvalue weighted by atomic mass is 19.4. The Balaban J connectivity index is 2.52. The fraction of sp³-hybridized carbons (Fsp3) is 0.889. The van der Waals surface area contributed by atoms with Gasteiger partial charge in [-0.05, 0) is 26.3 Å². The summed E-state index contributed by atoms with van der Waals surface area (Å²) in [6, 6.07) is -0.815. The third kappa shape index (κ3) is 3.37. The van der Waals surface area contributed by atoms with E-state index in [1.807, 2.05) is 0 Å². The molecule has 1 N–H and O–H groups in total. The van der Waals surface area contributed by atoms with Gasteiger partial charge < -0.3 is 10.1 Å². The van der Waals surface area contributed by atoms with Crippen LogP contribution in [0.4, 0.5) is 13.2 Å². The van der Waals surface area contributed by atoms with E-state index in [2.05, 4.69) is 10.1 Å². The molecular weight excluding hydrogens is 211 g/mol. The molecule has 0 spiro atoms. The number of carbonyl (C=O) groups is 1. The van der Waals surface area contributed by atoms with Crippen molar-refractivity contribution < 1.29 is 22.7 Å². The highest BCUT2D eigenvalue weighted by Gasteiger charge is 2.43. The number of nitrogens with one attached hydrogen (secondary N) is 1. The van der Waals surface area contributed by atoms with Crippen LogP contribution in [0.5, 0.6) is 0 Å². The van der Waals surface area contributed by atoms with Crippen LogP contribution in [0.2, 0.25) is 0 Å². The summed E-state index contributed by atoms with van der Waals surface area (Å²) in [6.07, 6.45) is -4.41. The molecule has 0 radical (unpaired) electrons. The third-order valence-electron chi connectivity index (χ3n) is 2.44. The highest BCUT2D eigenvalue weighted by Crippen LogP contribution is 2.34. The lowest BCUT2D eigenvalue weighted by Gasteiger charge is -2.30. The van der Waals surface area contributed by atoms with Crippen LogP contribution < -0.4 is 5.32 Å². The maximum Gasteiger partial charge on any atom is 0.391 e. The Bertz CT molecular complexity index is 230. The summed E-state index contributed by atoms with van der Waals surface area (Å²) in [4.78, 5) is 11.2. The summed E-state index contributed by atoms with van der Waals surface area (Å²) in [5.74, 6) is -1.99. The van der Waals surface area contributed by atoms with Crippen molar-refractivity contribution in [2.24, 2.45) is 5.92 Å². The summed E-state index contributed by atoms with van der Waals surface area (Å²) in [7, 11) is 0. The number of hydrogen-bond donors (Lipinski definition) is 1. The van der Waals surface area contributed by atoms with E-state index in [0.29, 0.717) is 0 Å². The van der Waals surface area contributed by atoms with Crippen molar-refractivity contribution in [3.05, 3.63) is 0 Å². The number of alkyl halides is 3. The molecule has 1 rings (SSSR count). The normalized spacial score (nSPS) is 27.5. The molecule has 3 nitrogen and oxygen atoms in total. The maximum atomic E-state index is 12.4. The molecule has 2 atom stereocenters. The van der Waals surface area contributed by atoms with Crippen LogP contribution in [0.3, 0.4) is 0 Å². The molecule has 0 saturated carbocycles. The van der Waals surface area contributed by atoms with Crippen molar-refractivity contribution in [3.8, 4) is 0 Å². The predicted octanol–water partition coefficient (Wildman–Crippen LogP) is 1.48. The van der Waals surface area contributed by atoms with E-state index in [4.69, 9.17) is 0 Å². The van der Waals surface area contributed by atoms with Crippen molar-refractivity contribution in [1.29, 1.82) is 0 Å². The van der Waals surface area contributed by atoms with E-state index in [9.17, 15) is 18.0 Å². The summed E-state index contributed by atoms with van der Waals surface area (Å²) < 4.78 is 41.8. The number of hydrogen-bond acceptors (Lipinski definition) is 3. The molecule has 0 unspecified atom stereocenters.